The van der Waals surface area contributed by atoms with Crippen molar-refractivity contribution in [2.75, 3.05) is 33.2 Å². The van der Waals surface area contributed by atoms with E-state index < -0.39 is 0 Å². The molecular weight excluding hydrogens is 186 g/mol. The molecule has 1 aliphatic rings. The Kier molecular flexibility index (Phi) is 5.58. The predicted molar refractivity (Wildman–Crippen MR) is 66.0 cm³/mol. The van der Waals surface area contributed by atoms with Gasteiger partial charge in [-0.05, 0) is 52.9 Å². The molecule has 0 radical (unpaired) electrons. The number of nitrogens with zero attached hydrogens (tertiary/aromatic N) is 2. The largest absolute Gasteiger partial charge is 0.330 e. The van der Waals surface area contributed by atoms with Gasteiger partial charge in [-0.2, -0.15) is 0 Å². The Morgan fingerprint density at radius 2 is 2.13 bits per heavy atom. The number of rotatable bonds is 4. The molecule has 90 valence electrons. The van der Waals surface area contributed by atoms with Crippen LogP contribution in [0.1, 0.15) is 33.1 Å². The summed E-state index contributed by atoms with van der Waals surface area (Å²) >= 11 is 0. The van der Waals surface area contributed by atoms with Gasteiger partial charge in [-0.3, -0.25) is 4.90 Å². The van der Waals surface area contributed by atoms with Crippen molar-refractivity contribution < 1.29 is 0 Å². The molecule has 3 nitrogen and oxygen atoms in total. The lowest BCUT2D eigenvalue weighted by Gasteiger charge is -2.30. The summed E-state index contributed by atoms with van der Waals surface area (Å²) in [5.74, 6) is 0. The van der Waals surface area contributed by atoms with Crippen LogP contribution in [0, 0.1) is 0 Å². The Labute approximate surface area is 94.6 Å². The lowest BCUT2D eigenvalue weighted by Crippen LogP contribution is -2.42. The molecule has 0 spiro atoms. The standard InChI is InChI=1S/C12H27N3/c1-4-8-15-9-6-11(2)14(3)10-12(15)5-7-13/h11-12H,4-10,13H2,1-3H3. The van der Waals surface area contributed by atoms with Gasteiger partial charge in [0, 0.05) is 18.6 Å². The van der Waals surface area contributed by atoms with Crippen LogP contribution >= 0.6 is 0 Å². The van der Waals surface area contributed by atoms with Crippen LogP contribution in [-0.2, 0) is 0 Å². The first kappa shape index (κ1) is 12.9. The summed E-state index contributed by atoms with van der Waals surface area (Å²) in [5.41, 5.74) is 5.70. The molecule has 0 aromatic heterocycles. The van der Waals surface area contributed by atoms with Gasteiger partial charge >= 0.3 is 0 Å². The number of hydrogen-bond acceptors (Lipinski definition) is 3. The van der Waals surface area contributed by atoms with Gasteiger partial charge in [-0.15, -0.1) is 0 Å². The molecule has 1 saturated heterocycles. The fourth-order valence-corrected chi connectivity index (χ4v) is 2.43. The summed E-state index contributed by atoms with van der Waals surface area (Å²) in [6.45, 7) is 9.05. The maximum absolute atomic E-state index is 5.70. The summed E-state index contributed by atoms with van der Waals surface area (Å²) in [6, 6.07) is 1.39. The van der Waals surface area contributed by atoms with Crippen molar-refractivity contribution >= 4 is 0 Å². The van der Waals surface area contributed by atoms with E-state index in [-0.39, 0.29) is 0 Å². The monoisotopic (exact) mass is 213 g/mol. The first-order valence-electron chi connectivity index (χ1n) is 6.33. The molecule has 0 saturated carbocycles. The molecule has 1 heterocycles. The van der Waals surface area contributed by atoms with E-state index in [9.17, 15) is 0 Å². The minimum atomic E-state index is 0.671. The smallest absolute Gasteiger partial charge is 0.0235 e. The maximum atomic E-state index is 5.70. The van der Waals surface area contributed by atoms with Crippen molar-refractivity contribution in [2.24, 2.45) is 5.73 Å². The molecule has 15 heavy (non-hydrogen) atoms. The average molecular weight is 213 g/mol. The molecule has 0 bridgehead atoms. The lowest BCUT2D eigenvalue weighted by molar-refractivity contribution is 0.175. The third kappa shape index (κ3) is 3.74. The van der Waals surface area contributed by atoms with Crippen LogP contribution in [0.15, 0.2) is 0 Å². The van der Waals surface area contributed by atoms with Gasteiger partial charge in [0.2, 0.25) is 0 Å². The fourth-order valence-electron chi connectivity index (χ4n) is 2.43. The van der Waals surface area contributed by atoms with Gasteiger partial charge in [-0.1, -0.05) is 6.92 Å². The molecule has 1 rings (SSSR count). The normalized spacial score (nSPS) is 30.4. The second-order valence-corrected chi connectivity index (χ2v) is 4.84. The van der Waals surface area contributed by atoms with Crippen molar-refractivity contribution in [1.82, 2.24) is 9.80 Å². The lowest BCUT2D eigenvalue weighted by atomic mass is 10.1. The first-order valence-corrected chi connectivity index (χ1v) is 6.33. The molecule has 0 amide bonds. The molecule has 1 aliphatic heterocycles. The van der Waals surface area contributed by atoms with Gasteiger partial charge in [0.1, 0.15) is 0 Å². The van der Waals surface area contributed by atoms with Gasteiger partial charge in [0.25, 0.3) is 0 Å². The van der Waals surface area contributed by atoms with E-state index in [0.29, 0.717) is 12.1 Å². The van der Waals surface area contributed by atoms with Crippen LogP contribution in [0.3, 0.4) is 0 Å². The summed E-state index contributed by atoms with van der Waals surface area (Å²) in [6.07, 6.45) is 3.67. The summed E-state index contributed by atoms with van der Waals surface area (Å²) < 4.78 is 0. The SMILES string of the molecule is CCCN1CCC(C)N(C)CC1CCN. The van der Waals surface area contributed by atoms with E-state index >= 15 is 0 Å². The summed E-state index contributed by atoms with van der Waals surface area (Å²) in [5, 5.41) is 0. The fraction of sp³-hybridized carbons (Fsp3) is 1.00. The predicted octanol–water partition coefficient (Wildman–Crippen LogP) is 1.14. The van der Waals surface area contributed by atoms with Crippen LogP contribution < -0.4 is 5.73 Å². The van der Waals surface area contributed by atoms with Crippen LogP contribution in [0.2, 0.25) is 0 Å². The van der Waals surface area contributed by atoms with Gasteiger partial charge < -0.3 is 10.6 Å². The van der Waals surface area contributed by atoms with Crippen molar-refractivity contribution in [1.29, 1.82) is 0 Å². The topological polar surface area (TPSA) is 32.5 Å². The second-order valence-electron chi connectivity index (χ2n) is 4.84. The zero-order valence-corrected chi connectivity index (χ0v) is 10.6. The Morgan fingerprint density at radius 1 is 1.40 bits per heavy atom. The zero-order chi connectivity index (χ0) is 11.3. The first-order chi connectivity index (χ1) is 7.19. The minimum Gasteiger partial charge on any atom is -0.330 e. The molecule has 2 unspecified atom stereocenters. The third-order valence-corrected chi connectivity index (χ3v) is 3.61. The van der Waals surface area contributed by atoms with E-state index in [4.69, 9.17) is 5.73 Å². The highest BCUT2D eigenvalue weighted by Crippen LogP contribution is 2.16. The highest BCUT2D eigenvalue weighted by Gasteiger charge is 2.25. The molecule has 2 N–H and O–H groups in total. The average Bonchev–Trinajstić information content (AvgIpc) is 2.33. The molecule has 3 heteroatoms. The maximum Gasteiger partial charge on any atom is 0.0235 e. The van der Waals surface area contributed by atoms with E-state index in [1.54, 1.807) is 0 Å². The quantitative estimate of drug-likeness (QED) is 0.760. The van der Waals surface area contributed by atoms with Crippen LogP contribution in [0.25, 0.3) is 0 Å². The molecule has 0 aromatic rings. The summed E-state index contributed by atoms with van der Waals surface area (Å²) in [4.78, 5) is 5.11. The highest BCUT2D eigenvalue weighted by molar-refractivity contribution is 4.82. The Morgan fingerprint density at radius 3 is 2.73 bits per heavy atom. The summed E-state index contributed by atoms with van der Waals surface area (Å²) in [7, 11) is 2.24. The van der Waals surface area contributed by atoms with Crippen molar-refractivity contribution in [3.8, 4) is 0 Å². The van der Waals surface area contributed by atoms with Crippen LogP contribution in [0.4, 0.5) is 0 Å². The van der Waals surface area contributed by atoms with Crippen molar-refractivity contribution in [3.05, 3.63) is 0 Å². The van der Waals surface area contributed by atoms with E-state index in [2.05, 4.69) is 30.7 Å². The minimum absolute atomic E-state index is 0.671. The Balaban J connectivity index is 2.58. The second kappa shape index (κ2) is 6.46. The molecule has 0 aromatic carbocycles. The van der Waals surface area contributed by atoms with Crippen molar-refractivity contribution in [2.45, 2.75) is 45.2 Å². The van der Waals surface area contributed by atoms with Gasteiger partial charge in [0.05, 0.1) is 0 Å². The number of likely N-dealkylation sites (N-methyl/N-ethyl adjacent to an activating group) is 1. The van der Waals surface area contributed by atoms with E-state index in [1.165, 1.54) is 32.5 Å². The number of nitrogens with two attached hydrogens (primary N) is 1. The van der Waals surface area contributed by atoms with Crippen LogP contribution in [-0.4, -0.2) is 55.1 Å². The zero-order valence-electron chi connectivity index (χ0n) is 10.6. The third-order valence-electron chi connectivity index (χ3n) is 3.61. The molecule has 2 atom stereocenters. The molecule has 1 fully saturated rings. The number of hydrogen-bond donors (Lipinski definition) is 1. The van der Waals surface area contributed by atoms with E-state index in [1.807, 2.05) is 0 Å². The Hall–Kier alpha value is -0.120. The van der Waals surface area contributed by atoms with Gasteiger partial charge in [-0.25, -0.2) is 0 Å². The molecular formula is C12H27N3. The van der Waals surface area contributed by atoms with Crippen LogP contribution in [0.5, 0.6) is 0 Å². The van der Waals surface area contributed by atoms with E-state index in [0.717, 1.165) is 13.0 Å². The molecule has 0 aliphatic carbocycles. The van der Waals surface area contributed by atoms with Gasteiger partial charge in [0.15, 0.2) is 0 Å². The van der Waals surface area contributed by atoms with Crippen molar-refractivity contribution in [3.63, 3.8) is 0 Å². The Bertz CT molecular complexity index is 172. The highest BCUT2D eigenvalue weighted by atomic mass is 15.2.